The summed E-state index contributed by atoms with van der Waals surface area (Å²) in [6, 6.07) is 11.6. The summed E-state index contributed by atoms with van der Waals surface area (Å²) in [5.41, 5.74) is 3.41. The normalized spacial score (nSPS) is 10.6. The molecule has 3 nitrogen and oxygen atoms in total. The van der Waals surface area contributed by atoms with Gasteiger partial charge in [-0.2, -0.15) is 0 Å². The van der Waals surface area contributed by atoms with Crippen molar-refractivity contribution in [2.24, 2.45) is 0 Å². The molecule has 0 spiro atoms. The fourth-order valence-corrected chi connectivity index (χ4v) is 1.99. The van der Waals surface area contributed by atoms with E-state index < -0.39 is 0 Å². The molecule has 0 radical (unpaired) electrons. The molecule has 0 aliphatic rings. The van der Waals surface area contributed by atoms with E-state index in [9.17, 15) is 4.79 Å². The molecule has 0 fully saturated rings. The first kappa shape index (κ1) is 16.8. The van der Waals surface area contributed by atoms with Gasteiger partial charge in [-0.1, -0.05) is 38.8 Å². The number of hydrogen-bond acceptors (Lipinski definition) is 3. The third-order valence-electron chi connectivity index (χ3n) is 3.36. The molecule has 0 unspecified atom stereocenters. The Hall–Kier alpha value is -2.60. The van der Waals surface area contributed by atoms with Gasteiger partial charge in [-0.3, -0.25) is 0 Å². The summed E-state index contributed by atoms with van der Waals surface area (Å²) in [7, 11) is 0. The fourth-order valence-electron chi connectivity index (χ4n) is 1.99. The number of carbonyl (C=O) groups excluding carboxylic acids is 1. The molecule has 1 aromatic carbocycles. The van der Waals surface area contributed by atoms with Crippen LogP contribution in [-0.2, 0) is 10.2 Å². The summed E-state index contributed by atoms with van der Waals surface area (Å²) in [6.45, 7) is 8.68. The number of aromatic nitrogens is 1. The fraction of sp³-hybridized carbons (Fsp3) is 0.300. The number of ether oxygens (including phenoxy) is 1. The van der Waals surface area contributed by atoms with Gasteiger partial charge in [-0.25, -0.2) is 9.78 Å². The smallest absolute Gasteiger partial charge is 0.339 e. The zero-order valence-corrected chi connectivity index (χ0v) is 14.0. The van der Waals surface area contributed by atoms with E-state index in [1.165, 1.54) is 11.8 Å². The molecule has 118 valence electrons. The Morgan fingerprint density at radius 3 is 2.30 bits per heavy atom. The Morgan fingerprint density at radius 1 is 1.09 bits per heavy atom. The first-order chi connectivity index (χ1) is 10.9. The van der Waals surface area contributed by atoms with Gasteiger partial charge in [0.25, 0.3) is 0 Å². The first-order valence-electron chi connectivity index (χ1n) is 7.66. The van der Waals surface area contributed by atoms with E-state index in [4.69, 9.17) is 4.74 Å². The molecule has 0 N–H and O–H groups in total. The van der Waals surface area contributed by atoms with Crippen molar-refractivity contribution in [3.05, 3.63) is 65.0 Å². The highest BCUT2D eigenvalue weighted by Gasteiger charge is 2.12. The van der Waals surface area contributed by atoms with Gasteiger partial charge in [-0.05, 0) is 48.1 Å². The van der Waals surface area contributed by atoms with E-state index in [0.29, 0.717) is 17.9 Å². The maximum Gasteiger partial charge on any atom is 0.339 e. The summed E-state index contributed by atoms with van der Waals surface area (Å²) in [5.74, 6) is 5.73. The van der Waals surface area contributed by atoms with E-state index in [1.807, 2.05) is 12.1 Å². The van der Waals surface area contributed by atoms with Crippen LogP contribution >= 0.6 is 0 Å². The third-order valence-corrected chi connectivity index (χ3v) is 3.36. The van der Waals surface area contributed by atoms with Crippen LogP contribution in [0, 0.1) is 11.8 Å². The second-order valence-electron chi connectivity index (χ2n) is 6.23. The number of hydrogen-bond donors (Lipinski definition) is 0. The molecule has 0 bridgehead atoms. The van der Waals surface area contributed by atoms with Crippen molar-refractivity contribution in [1.29, 1.82) is 0 Å². The van der Waals surface area contributed by atoms with Crippen molar-refractivity contribution < 1.29 is 9.53 Å². The van der Waals surface area contributed by atoms with E-state index in [0.717, 1.165) is 5.56 Å². The van der Waals surface area contributed by atoms with E-state index in [1.54, 1.807) is 19.1 Å². The lowest BCUT2D eigenvalue weighted by Crippen LogP contribution is -2.10. The minimum Gasteiger partial charge on any atom is -0.462 e. The Balaban J connectivity index is 2.11. The predicted molar refractivity (Wildman–Crippen MR) is 91.3 cm³/mol. The highest BCUT2D eigenvalue weighted by Crippen LogP contribution is 2.21. The van der Waals surface area contributed by atoms with Crippen LogP contribution in [0.2, 0.25) is 0 Å². The van der Waals surface area contributed by atoms with Gasteiger partial charge < -0.3 is 4.74 Å². The summed E-state index contributed by atoms with van der Waals surface area (Å²) in [4.78, 5) is 15.7. The van der Waals surface area contributed by atoms with Crippen LogP contribution in [0.3, 0.4) is 0 Å². The molecule has 1 heterocycles. The van der Waals surface area contributed by atoms with Crippen LogP contribution in [0.1, 0.15) is 54.9 Å². The Morgan fingerprint density at radius 2 is 1.78 bits per heavy atom. The molecule has 23 heavy (non-hydrogen) atoms. The van der Waals surface area contributed by atoms with Gasteiger partial charge in [0.05, 0.1) is 12.2 Å². The highest BCUT2D eigenvalue weighted by atomic mass is 16.5. The second-order valence-corrected chi connectivity index (χ2v) is 6.23. The summed E-state index contributed by atoms with van der Waals surface area (Å²) in [6.07, 6.45) is 1.49. The molecule has 2 aromatic rings. The standard InChI is InChI=1S/C20H21NO2/c1-5-23-19(22)16-9-13-18(21-14-16)12-8-15-6-10-17(11-7-15)20(2,3)4/h6-7,9-11,13-14H,5H2,1-4H3. The van der Waals surface area contributed by atoms with E-state index >= 15 is 0 Å². The lowest BCUT2D eigenvalue weighted by Gasteiger charge is -2.18. The quantitative estimate of drug-likeness (QED) is 0.623. The number of carbonyl (C=O) groups is 1. The van der Waals surface area contributed by atoms with Gasteiger partial charge in [-0.15, -0.1) is 0 Å². The van der Waals surface area contributed by atoms with Crippen LogP contribution in [0.5, 0.6) is 0 Å². The van der Waals surface area contributed by atoms with Crippen LogP contribution in [-0.4, -0.2) is 17.6 Å². The number of rotatable bonds is 2. The van der Waals surface area contributed by atoms with Gasteiger partial charge in [0, 0.05) is 11.8 Å². The van der Waals surface area contributed by atoms with Crippen LogP contribution in [0.25, 0.3) is 0 Å². The van der Waals surface area contributed by atoms with Gasteiger partial charge in [0.2, 0.25) is 0 Å². The van der Waals surface area contributed by atoms with Crippen molar-refractivity contribution in [2.75, 3.05) is 6.61 Å². The Kier molecular flexibility index (Phi) is 5.18. The molecular formula is C20H21NO2. The molecule has 0 amide bonds. The SMILES string of the molecule is CCOC(=O)c1ccc(C#Cc2ccc(C(C)(C)C)cc2)nc1. The number of benzene rings is 1. The van der Waals surface area contributed by atoms with Gasteiger partial charge in [0.1, 0.15) is 5.69 Å². The van der Waals surface area contributed by atoms with Crippen LogP contribution in [0.15, 0.2) is 42.6 Å². The van der Waals surface area contributed by atoms with Crippen molar-refractivity contribution in [3.63, 3.8) is 0 Å². The Labute approximate surface area is 137 Å². The highest BCUT2D eigenvalue weighted by molar-refractivity contribution is 5.89. The lowest BCUT2D eigenvalue weighted by atomic mass is 9.87. The Bertz CT molecular complexity index is 726. The van der Waals surface area contributed by atoms with Crippen molar-refractivity contribution in [3.8, 4) is 11.8 Å². The second kappa shape index (κ2) is 7.11. The molecule has 0 aliphatic carbocycles. The molecule has 3 heteroatoms. The third kappa shape index (κ3) is 4.69. The average molecular weight is 307 g/mol. The number of nitrogens with zero attached hydrogens (tertiary/aromatic N) is 1. The molecule has 1 aromatic heterocycles. The van der Waals surface area contributed by atoms with Crippen molar-refractivity contribution in [1.82, 2.24) is 4.98 Å². The molecule has 0 atom stereocenters. The van der Waals surface area contributed by atoms with Crippen molar-refractivity contribution in [2.45, 2.75) is 33.1 Å². The topological polar surface area (TPSA) is 39.2 Å². The van der Waals surface area contributed by atoms with E-state index in [2.05, 4.69) is 49.7 Å². The van der Waals surface area contributed by atoms with Gasteiger partial charge in [0.15, 0.2) is 0 Å². The first-order valence-corrected chi connectivity index (χ1v) is 7.66. The largest absolute Gasteiger partial charge is 0.462 e. The van der Waals surface area contributed by atoms with Crippen LogP contribution in [0.4, 0.5) is 0 Å². The summed E-state index contributed by atoms with van der Waals surface area (Å²) >= 11 is 0. The minimum absolute atomic E-state index is 0.135. The van der Waals surface area contributed by atoms with E-state index in [-0.39, 0.29) is 11.4 Å². The van der Waals surface area contributed by atoms with Gasteiger partial charge >= 0.3 is 5.97 Å². The summed E-state index contributed by atoms with van der Waals surface area (Å²) < 4.78 is 4.92. The van der Waals surface area contributed by atoms with Crippen LogP contribution < -0.4 is 0 Å². The maximum absolute atomic E-state index is 11.5. The molecule has 0 saturated heterocycles. The molecule has 2 rings (SSSR count). The summed E-state index contributed by atoms with van der Waals surface area (Å²) in [5, 5.41) is 0. The zero-order chi connectivity index (χ0) is 16.9. The maximum atomic E-state index is 11.5. The number of esters is 1. The molecular weight excluding hydrogens is 286 g/mol. The average Bonchev–Trinajstić information content (AvgIpc) is 2.53. The lowest BCUT2D eigenvalue weighted by molar-refractivity contribution is 0.0526. The predicted octanol–water partition coefficient (Wildman–Crippen LogP) is 3.96. The molecule has 0 saturated carbocycles. The minimum atomic E-state index is -0.364. The number of pyridine rings is 1. The van der Waals surface area contributed by atoms with Crippen molar-refractivity contribution >= 4 is 5.97 Å². The molecule has 0 aliphatic heterocycles. The zero-order valence-electron chi connectivity index (χ0n) is 14.0. The monoisotopic (exact) mass is 307 g/mol.